The minimum absolute atomic E-state index is 0.176. The molecule has 5 heteroatoms. The number of furan rings is 1. The van der Waals surface area contributed by atoms with Crippen LogP contribution in [0.3, 0.4) is 0 Å². The predicted octanol–water partition coefficient (Wildman–Crippen LogP) is 2.76. The molecule has 0 saturated heterocycles. The van der Waals surface area contributed by atoms with E-state index in [1.807, 2.05) is 6.92 Å². The van der Waals surface area contributed by atoms with Gasteiger partial charge in [0.15, 0.2) is 0 Å². The number of benzene rings is 1. The molecule has 1 aromatic heterocycles. The van der Waals surface area contributed by atoms with Crippen molar-refractivity contribution in [1.29, 1.82) is 0 Å². The van der Waals surface area contributed by atoms with E-state index in [0.29, 0.717) is 18.8 Å². The molecule has 0 fully saturated rings. The summed E-state index contributed by atoms with van der Waals surface area (Å²) in [5.41, 5.74) is 2.16. The van der Waals surface area contributed by atoms with Crippen molar-refractivity contribution in [3.8, 4) is 0 Å². The molecule has 0 saturated carbocycles. The van der Waals surface area contributed by atoms with Gasteiger partial charge < -0.3 is 14.8 Å². The number of aromatic carboxylic acids is 1. The van der Waals surface area contributed by atoms with Crippen LogP contribution in [0.5, 0.6) is 0 Å². The Morgan fingerprint density at radius 2 is 2.20 bits per heavy atom. The van der Waals surface area contributed by atoms with E-state index in [1.54, 1.807) is 6.07 Å². The van der Waals surface area contributed by atoms with Crippen LogP contribution in [0.25, 0.3) is 0 Å². The lowest BCUT2D eigenvalue weighted by Gasteiger charge is -2.07. The van der Waals surface area contributed by atoms with E-state index < -0.39 is 5.97 Å². The molecular formula is C15H16FNO3. The number of nitrogens with one attached hydrogen (secondary N) is 1. The van der Waals surface area contributed by atoms with Crippen LogP contribution in [-0.2, 0) is 13.0 Å². The first-order valence-corrected chi connectivity index (χ1v) is 6.33. The van der Waals surface area contributed by atoms with E-state index in [4.69, 9.17) is 9.52 Å². The lowest BCUT2D eigenvalue weighted by atomic mass is 10.1. The molecule has 2 aromatic rings. The zero-order valence-electron chi connectivity index (χ0n) is 11.1. The van der Waals surface area contributed by atoms with Crippen molar-refractivity contribution in [2.24, 2.45) is 0 Å². The summed E-state index contributed by atoms with van der Waals surface area (Å²) in [6, 6.07) is 6.15. The Balaban J connectivity index is 1.84. The van der Waals surface area contributed by atoms with Gasteiger partial charge in [-0.05, 0) is 49.2 Å². The van der Waals surface area contributed by atoms with Crippen LogP contribution in [-0.4, -0.2) is 17.6 Å². The Morgan fingerprint density at radius 3 is 2.90 bits per heavy atom. The molecule has 0 aliphatic carbocycles. The number of aryl methyl sites for hydroxylation is 1. The molecule has 1 aromatic carbocycles. The van der Waals surface area contributed by atoms with Gasteiger partial charge in [0.05, 0.1) is 12.8 Å². The number of rotatable bonds is 6. The SMILES string of the molecule is Cc1cc(F)ccc1CCNCc1occc1C(=O)O. The number of carboxylic acid groups (broad SMARTS) is 1. The fourth-order valence-electron chi connectivity index (χ4n) is 2.03. The van der Waals surface area contributed by atoms with Crippen LogP contribution in [0.15, 0.2) is 34.9 Å². The van der Waals surface area contributed by atoms with Crippen LogP contribution < -0.4 is 5.32 Å². The highest BCUT2D eigenvalue weighted by molar-refractivity contribution is 5.88. The molecule has 0 aliphatic rings. The smallest absolute Gasteiger partial charge is 0.339 e. The van der Waals surface area contributed by atoms with Gasteiger partial charge in [0.1, 0.15) is 17.1 Å². The highest BCUT2D eigenvalue weighted by Gasteiger charge is 2.12. The minimum Gasteiger partial charge on any atom is -0.478 e. The fraction of sp³-hybridized carbons (Fsp3) is 0.267. The number of carboxylic acids is 1. The van der Waals surface area contributed by atoms with Crippen molar-refractivity contribution < 1.29 is 18.7 Å². The lowest BCUT2D eigenvalue weighted by molar-refractivity contribution is 0.0694. The third-order valence-corrected chi connectivity index (χ3v) is 3.14. The van der Waals surface area contributed by atoms with Crippen molar-refractivity contribution in [2.75, 3.05) is 6.54 Å². The average Bonchev–Trinajstić information content (AvgIpc) is 2.85. The third kappa shape index (κ3) is 3.45. The van der Waals surface area contributed by atoms with Gasteiger partial charge in [-0.3, -0.25) is 0 Å². The topological polar surface area (TPSA) is 62.5 Å². The molecule has 0 radical (unpaired) electrons. The minimum atomic E-state index is -0.995. The molecule has 0 aliphatic heterocycles. The Bertz CT molecular complexity index is 607. The van der Waals surface area contributed by atoms with Gasteiger partial charge in [-0.15, -0.1) is 0 Å². The summed E-state index contributed by atoms with van der Waals surface area (Å²) in [5.74, 6) is -0.820. The summed E-state index contributed by atoms with van der Waals surface area (Å²) in [4.78, 5) is 10.9. The second-order valence-electron chi connectivity index (χ2n) is 4.56. The summed E-state index contributed by atoms with van der Waals surface area (Å²) in [6.45, 7) is 2.88. The molecule has 4 nitrogen and oxygen atoms in total. The maximum atomic E-state index is 13.0. The quantitative estimate of drug-likeness (QED) is 0.797. The van der Waals surface area contributed by atoms with Crippen LogP contribution in [0, 0.1) is 12.7 Å². The highest BCUT2D eigenvalue weighted by Crippen LogP contribution is 2.12. The standard InChI is InChI=1S/C15H16FNO3/c1-10-8-12(16)3-2-11(10)4-6-17-9-14-13(15(18)19)5-7-20-14/h2-3,5,7-8,17H,4,6,9H2,1H3,(H,18,19). The normalized spacial score (nSPS) is 10.7. The van der Waals surface area contributed by atoms with Gasteiger partial charge in [-0.1, -0.05) is 6.07 Å². The predicted molar refractivity (Wildman–Crippen MR) is 72.2 cm³/mol. The second kappa shape index (κ2) is 6.34. The summed E-state index contributed by atoms with van der Waals surface area (Å²) in [5, 5.41) is 12.1. The Labute approximate surface area is 116 Å². The Kier molecular flexibility index (Phi) is 4.53. The molecule has 0 atom stereocenters. The molecule has 2 N–H and O–H groups in total. The van der Waals surface area contributed by atoms with Gasteiger partial charge in [0, 0.05) is 0 Å². The van der Waals surface area contributed by atoms with Gasteiger partial charge in [-0.25, -0.2) is 9.18 Å². The zero-order chi connectivity index (χ0) is 14.5. The molecule has 0 amide bonds. The first kappa shape index (κ1) is 14.3. The van der Waals surface area contributed by atoms with E-state index in [9.17, 15) is 9.18 Å². The molecule has 106 valence electrons. The summed E-state index contributed by atoms with van der Waals surface area (Å²) < 4.78 is 18.1. The number of hydrogen-bond acceptors (Lipinski definition) is 3. The van der Waals surface area contributed by atoms with E-state index in [1.165, 1.54) is 24.5 Å². The maximum absolute atomic E-state index is 13.0. The second-order valence-corrected chi connectivity index (χ2v) is 4.56. The largest absolute Gasteiger partial charge is 0.478 e. The van der Waals surface area contributed by atoms with Crippen molar-refractivity contribution in [3.63, 3.8) is 0 Å². The number of carbonyl (C=O) groups is 1. The highest BCUT2D eigenvalue weighted by atomic mass is 19.1. The first-order chi connectivity index (χ1) is 9.58. The van der Waals surface area contributed by atoms with E-state index in [0.717, 1.165) is 17.5 Å². The third-order valence-electron chi connectivity index (χ3n) is 3.14. The summed E-state index contributed by atoms with van der Waals surface area (Å²) >= 11 is 0. The van der Waals surface area contributed by atoms with Gasteiger partial charge in [-0.2, -0.15) is 0 Å². The van der Waals surface area contributed by atoms with Crippen molar-refractivity contribution >= 4 is 5.97 Å². The van der Waals surface area contributed by atoms with Crippen molar-refractivity contribution in [2.45, 2.75) is 19.9 Å². The Morgan fingerprint density at radius 1 is 1.40 bits per heavy atom. The molecule has 1 heterocycles. The van der Waals surface area contributed by atoms with Gasteiger partial charge >= 0.3 is 5.97 Å². The maximum Gasteiger partial charge on any atom is 0.339 e. The molecule has 0 spiro atoms. The molecule has 20 heavy (non-hydrogen) atoms. The summed E-state index contributed by atoms with van der Waals surface area (Å²) in [6.07, 6.45) is 2.11. The average molecular weight is 277 g/mol. The number of hydrogen-bond donors (Lipinski definition) is 2. The van der Waals surface area contributed by atoms with E-state index in [-0.39, 0.29) is 11.4 Å². The zero-order valence-corrected chi connectivity index (χ0v) is 11.1. The number of halogens is 1. The summed E-state index contributed by atoms with van der Waals surface area (Å²) in [7, 11) is 0. The monoisotopic (exact) mass is 277 g/mol. The van der Waals surface area contributed by atoms with E-state index >= 15 is 0 Å². The Hall–Kier alpha value is -2.14. The molecule has 2 rings (SSSR count). The molecule has 0 bridgehead atoms. The van der Waals surface area contributed by atoms with Crippen LogP contribution in [0.4, 0.5) is 4.39 Å². The van der Waals surface area contributed by atoms with Crippen molar-refractivity contribution in [3.05, 3.63) is 58.8 Å². The first-order valence-electron chi connectivity index (χ1n) is 6.33. The molecular weight excluding hydrogens is 261 g/mol. The van der Waals surface area contributed by atoms with E-state index in [2.05, 4.69) is 5.32 Å². The van der Waals surface area contributed by atoms with Gasteiger partial charge in [0.2, 0.25) is 0 Å². The van der Waals surface area contributed by atoms with Gasteiger partial charge in [0.25, 0.3) is 0 Å². The molecule has 0 unspecified atom stereocenters. The fourth-order valence-corrected chi connectivity index (χ4v) is 2.03. The lowest BCUT2D eigenvalue weighted by Crippen LogP contribution is -2.18. The van der Waals surface area contributed by atoms with Crippen LogP contribution in [0.1, 0.15) is 27.2 Å². The van der Waals surface area contributed by atoms with Crippen LogP contribution >= 0.6 is 0 Å². The van der Waals surface area contributed by atoms with Crippen LogP contribution in [0.2, 0.25) is 0 Å². The van der Waals surface area contributed by atoms with Crippen molar-refractivity contribution in [1.82, 2.24) is 5.32 Å².